The zero-order valence-corrected chi connectivity index (χ0v) is 11.4. The number of alkyl halides is 3. The molecule has 0 aliphatic heterocycles. The van der Waals surface area contributed by atoms with Gasteiger partial charge in [0.25, 0.3) is 0 Å². The van der Waals surface area contributed by atoms with Crippen LogP contribution in [0.4, 0.5) is 28.9 Å². The van der Waals surface area contributed by atoms with Crippen LogP contribution in [0.25, 0.3) is 0 Å². The van der Waals surface area contributed by atoms with Crippen molar-refractivity contribution in [2.45, 2.75) is 6.18 Å². The van der Waals surface area contributed by atoms with Gasteiger partial charge in [-0.2, -0.15) is 13.2 Å². The highest BCUT2D eigenvalue weighted by molar-refractivity contribution is 7.80. The summed E-state index contributed by atoms with van der Waals surface area (Å²) >= 11 is 4.80. The first-order chi connectivity index (χ1) is 9.77. The Bertz CT molecular complexity index is 683. The van der Waals surface area contributed by atoms with Gasteiger partial charge >= 0.3 is 6.18 Å². The molecule has 0 aliphatic carbocycles. The van der Waals surface area contributed by atoms with Crippen LogP contribution in [0.5, 0.6) is 0 Å². The van der Waals surface area contributed by atoms with Crippen LogP contribution < -0.4 is 11.1 Å². The molecule has 0 radical (unpaired) electrons. The highest BCUT2D eigenvalue weighted by atomic mass is 32.1. The Balaban J connectivity index is 2.37. The molecule has 0 unspecified atom stereocenters. The number of hydrogen-bond acceptors (Lipinski definition) is 2. The minimum atomic E-state index is -4.44. The lowest BCUT2D eigenvalue weighted by molar-refractivity contribution is -0.137. The lowest BCUT2D eigenvalue weighted by Gasteiger charge is -2.13. The fourth-order valence-corrected chi connectivity index (χ4v) is 1.93. The molecule has 0 saturated heterocycles. The van der Waals surface area contributed by atoms with E-state index < -0.39 is 17.6 Å². The second-order valence-corrected chi connectivity index (χ2v) is 4.70. The Morgan fingerprint density at radius 1 is 1.10 bits per heavy atom. The van der Waals surface area contributed by atoms with E-state index >= 15 is 0 Å². The highest BCUT2D eigenvalue weighted by Crippen LogP contribution is 2.31. The minimum absolute atomic E-state index is 0.0519. The molecule has 2 aromatic rings. The van der Waals surface area contributed by atoms with Crippen molar-refractivity contribution in [3.63, 3.8) is 0 Å². The second kappa shape index (κ2) is 5.69. The summed E-state index contributed by atoms with van der Waals surface area (Å²) in [5, 5.41) is 2.76. The van der Waals surface area contributed by atoms with Crippen molar-refractivity contribution < 1.29 is 17.6 Å². The first-order valence-corrected chi connectivity index (χ1v) is 6.22. The number of thiocarbonyl (C=S) groups is 1. The molecule has 2 nitrogen and oxygen atoms in total. The number of nitrogens with one attached hydrogen (secondary N) is 1. The van der Waals surface area contributed by atoms with Gasteiger partial charge in [-0.1, -0.05) is 18.3 Å². The van der Waals surface area contributed by atoms with Gasteiger partial charge < -0.3 is 11.1 Å². The largest absolute Gasteiger partial charge is 0.416 e. The SMILES string of the molecule is NC(=S)c1cc(F)ccc1Nc1cccc(C(F)(F)F)c1. The number of rotatable bonds is 3. The average molecular weight is 314 g/mol. The van der Waals surface area contributed by atoms with Crippen LogP contribution in [0.3, 0.4) is 0 Å². The van der Waals surface area contributed by atoms with E-state index in [4.69, 9.17) is 18.0 Å². The number of hydrogen-bond donors (Lipinski definition) is 2. The standard InChI is InChI=1S/C14H10F4N2S/c15-9-4-5-12(11(7-9)13(19)21)20-10-3-1-2-8(6-10)14(16,17)18/h1-7,20H,(H2,19,21). The molecule has 0 heterocycles. The molecule has 0 aromatic heterocycles. The van der Waals surface area contributed by atoms with Gasteiger partial charge in [-0.3, -0.25) is 0 Å². The molecule has 7 heteroatoms. The Hall–Kier alpha value is -2.15. The highest BCUT2D eigenvalue weighted by Gasteiger charge is 2.30. The summed E-state index contributed by atoms with van der Waals surface area (Å²) in [5.74, 6) is -0.535. The van der Waals surface area contributed by atoms with Crippen molar-refractivity contribution in [2.75, 3.05) is 5.32 Å². The molecule has 0 aliphatic rings. The summed E-state index contributed by atoms with van der Waals surface area (Å²) in [5.41, 5.74) is 5.46. The molecule has 0 fully saturated rings. The zero-order chi connectivity index (χ0) is 15.6. The maximum absolute atomic E-state index is 13.2. The third kappa shape index (κ3) is 3.69. The monoisotopic (exact) mass is 314 g/mol. The Morgan fingerprint density at radius 2 is 1.81 bits per heavy atom. The van der Waals surface area contributed by atoms with Crippen LogP contribution in [0.2, 0.25) is 0 Å². The van der Waals surface area contributed by atoms with Gasteiger partial charge in [0, 0.05) is 16.9 Å². The van der Waals surface area contributed by atoms with Gasteiger partial charge in [0.15, 0.2) is 0 Å². The van der Waals surface area contributed by atoms with Gasteiger partial charge in [-0.25, -0.2) is 4.39 Å². The molecule has 21 heavy (non-hydrogen) atoms. The normalized spacial score (nSPS) is 11.2. The van der Waals surface area contributed by atoms with Crippen LogP contribution in [0.15, 0.2) is 42.5 Å². The minimum Gasteiger partial charge on any atom is -0.389 e. The number of nitrogens with two attached hydrogens (primary N) is 1. The second-order valence-electron chi connectivity index (χ2n) is 4.26. The van der Waals surface area contributed by atoms with Crippen LogP contribution in [0, 0.1) is 5.82 Å². The summed E-state index contributed by atoms with van der Waals surface area (Å²) < 4.78 is 51.1. The summed E-state index contributed by atoms with van der Waals surface area (Å²) in [6.07, 6.45) is -4.44. The van der Waals surface area contributed by atoms with Crippen molar-refractivity contribution in [1.29, 1.82) is 0 Å². The van der Waals surface area contributed by atoms with E-state index in [9.17, 15) is 17.6 Å². The van der Waals surface area contributed by atoms with Crippen LogP contribution in [-0.4, -0.2) is 4.99 Å². The van der Waals surface area contributed by atoms with E-state index in [-0.39, 0.29) is 16.2 Å². The third-order valence-electron chi connectivity index (χ3n) is 2.72. The summed E-state index contributed by atoms with van der Waals surface area (Å²) in [6.45, 7) is 0. The molecule has 2 aromatic carbocycles. The molecule has 0 bridgehead atoms. The Labute approximate surface area is 123 Å². The van der Waals surface area contributed by atoms with Gasteiger partial charge in [0.05, 0.1) is 5.56 Å². The first-order valence-electron chi connectivity index (χ1n) is 5.81. The Kier molecular flexibility index (Phi) is 4.13. The molecule has 0 saturated carbocycles. The average Bonchev–Trinajstić information content (AvgIpc) is 2.40. The third-order valence-corrected chi connectivity index (χ3v) is 2.94. The molecule has 0 atom stereocenters. The quantitative estimate of drug-likeness (QED) is 0.658. The summed E-state index contributed by atoms with van der Waals surface area (Å²) in [6, 6.07) is 8.30. The lowest BCUT2D eigenvalue weighted by Crippen LogP contribution is -2.12. The van der Waals surface area contributed by atoms with Crippen molar-refractivity contribution in [1.82, 2.24) is 0 Å². The van der Waals surface area contributed by atoms with Crippen LogP contribution in [0.1, 0.15) is 11.1 Å². The smallest absolute Gasteiger partial charge is 0.389 e. The van der Waals surface area contributed by atoms with Gasteiger partial charge in [0.1, 0.15) is 10.8 Å². The maximum atomic E-state index is 13.2. The Morgan fingerprint density at radius 3 is 2.43 bits per heavy atom. The van der Waals surface area contributed by atoms with Crippen molar-refractivity contribution in [3.05, 3.63) is 59.4 Å². The molecule has 110 valence electrons. The number of benzene rings is 2. The first kappa shape index (κ1) is 15.2. The zero-order valence-electron chi connectivity index (χ0n) is 10.5. The van der Waals surface area contributed by atoms with Crippen LogP contribution >= 0.6 is 12.2 Å². The van der Waals surface area contributed by atoms with Gasteiger partial charge in [-0.05, 0) is 36.4 Å². The molecule has 3 N–H and O–H groups in total. The fraction of sp³-hybridized carbons (Fsp3) is 0.0714. The predicted molar refractivity (Wildman–Crippen MR) is 77.0 cm³/mol. The molecule has 0 spiro atoms. The van der Waals surface area contributed by atoms with Gasteiger partial charge in [-0.15, -0.1) is 0 Å². The molecular formula is C14H10F4N2S. The van der Waals surface area contributed by atoms with E-state index in [1.807, 2.05) is 0 Å². The lowest BCUT2D eigenvalue weighted by atomic mass is 10.1. The summed E-state index contributed by atoms with van der Waals surface area (Å²) in [7, 11) is 0. The van der Waals surface area contributed by atoms with E-state index in [0.717, 1.165) is 24.3 Å². The van der Waals surface area contributed by atoms with E-state index in [1.165, 1.54) is 18.2 Å². The fourth-order valence-electron chi connectivity index (χ4n) is 1.76. The van der Waals surface area contributed by atoms with Crippen molar-refractivity contribution in [3.8, 4) is 0 Å². The predicted octanol–water partition coefficient (Wildman–Crippen LogP) is 4.22. The molecule has 2 rings (SSSR count). The topological polar surface area (TPSA) is 38.0 Å². The number of anilines is 2. The van der Waals surface area contributed by atoms with E-state index in [1.54, 1.807) is 0 Å². The summed E-state index contributed by atoms with van der Waals surface area (Å²) in [4.78, 5) is -0.0519. The molecular weight excluding hydrogens is 304 g/mol. The van der Waals surface area contributed by atoms with Gasteiger partial charge in [0.2, 0.25) is 0 Å². The van der Waals surface area contributed by atoms with Crippen LogP contribution in [-0.2, 0) is 6.18 Å². The maximum Gasteiger partial charge on any atom is 0.416 e. The van der Waals surface area contributed by atoms with E-state index in [2.05, 4.69) is 5.32 Å². The van der Waals surface area contributed by atoms with Crippen molar-refractivity contribution >= 4 is 28.6 Å². The molecule has 0 amide bonds. The van der Waals surface area contributed by atoms with E-state index in [0.29, 0.717) is 5.69 Å². The number of halogens is 4. The van der Waals surface area contributed by atoms with Crippen molar-refractivity contribution in [2.24, 2.45) is 5.73 Å².